The summed E-state index contributed by atoms with van der Waals surface area (Å²) in [6, 6.07) is 0.517. The van der Waals surface area contributed by atoms with Crippen molar-refractivity contribution in [3.05, 3.63) is 41.1 Å². The number of urea groups is 1. The largest absolute Gasteiger partial charge is 0.399 e. The van der Waals surface area contributed by atoms with Gasteiger partial charge in [0.05, 0.1) is 46.9 Å². The highest BCUT2D eigenvalue weighted by molar-refractivity contribution is 6.32. The van der Waals surface area contributed by atoms with Gasteiger partial charge in [-0.3, -0.25) is 0 Å². The Hall–Kier alpha value is -3.23. The van der Waals surface area contributed by atoms with Gasteiger partial charge in [-0.15, -0.1) is 4.80 Å². The molecule has 1 saturated carbocycles. The Labute approximate surface area is 177 Å². The standard InChI is InChI=1S/C16H15ClF3N9O2/c17-9-5-8(6-21-12(9)29-23-3-4-24-29)25-14(31)26-10-7-22-13(30)28-27-11(10)15(1-2-15)16(18,19)20/h3-7,13,27-28,30H,1-2H2,(H2,25,26,31). The number of hydrogen-bond acceptors (Lipinski definition) is 8. The minimum absolute atomic E-state index is 0.132. The molecule has 0 radical (unpaired) electrons. The van der Waals surface area contributed by atoms with Crippen LogP contribution in [0.3, 0.4) is 0 Å². The van der Waals surface area contributed by atoms with E-state index in [0.717, 1.165) is 6.21 Å². The third-order valence-electron chi connectivity index (χ3n) is 4.65. The number of aliphatic imine (C=N–C) groups is 1. The lowest BCUT2D eigenvalue weighted by Gasteiger charge is -2.25. The molecule has 15 heteroatoms. The number of nitrogens with one attached hydrogen (secondary N) is 4. The van der Waals surface area contributed by atoms with E-state index in [1.165, 1.54) is 29.5 Å². The van der Waals surface area contributed by atoms with Crippen molar-refractivity contribution in [1.82, 2.24) is 36.1 Å². The highest BCUT2D eigenvalue weighted by Crippen LogP contribution is 2.61. The minimum Gasteiger partial charge on any atom is -0.358 e. The summed E-state index contributed by atoms with van der Waals surface area (Å²) in [5.41, 5.74) is 1.99. The predicted octanol–water partition coefficient (Wildman–Crippen LogP) is 1.45. The van der Waals surface area contributed by atoms with Crippen LogP contribution < -0.4 is 21.5 Å². The number of aliphatic hydroxyl groups is 1. The zero-order chi connectivity index (χ0) is 22.2. The molecule has 1 atom stereocenters. The van der Waals surface area contributed by atoms with E-state index >= 15 is 0 Å². The highest BCUT2D eigenvalue weighted by Gasteiger charge is 2.66. The fourth-order valence-electron chi connectivity index (χ4n) is 2.98. The van der Waals surface area contributed by atoms with Crippen LogP contribution in [0, 0.1) is 5.41 Å². The van der Waals surface area contributed by atoms with Crippen LogP contribution in [-0.2, 0) is 0 Å². The number of halogens is 4. The van der Waals surface area contributed by atoms with Gasteiger partial charge in [0.1, 0.15) is 5.41 Å². The average Bonchev–Trinajstić information content (AvgIpc) is 3.37. The number of alkyl halides is 3. The maximum Gasteiger partial charge on any atom is 0.399 e. The first kappa shape index (κ1) is 21.0. The van der Waals surface area contributed by atoms with Gasteiger partial charge in [0.2, 0.25) is 6.35 Å². The van der Waals surface area contributed by atoms with E-state index in [9.17, 15) is 23.1 Å². The van der Waals surface area contributed by atoms with E-state index in [1.807, 2.05) is 0 Å². The first-order valence-electron chi connectivity index (χ1n) is 8.84. The minimum atomic E-state index is -4.56. The molecule has 11 nitrogen and oxygen atoms in total. The van der Waals surface area contributed by atoms with Crippen LogP contribution in [0.5, 0.6) is 0 Å². The van der Waals surface area contributed by atoms with Gasteiger partial charge in [-0.1, -0.05) is 11.6 Å². The van der Waals surface area contributed by atoms with Crippen molar-refractivity contribution >= 4 is 29.5 Å². The Bertz CT molecular complexity index is 1050. The topological polar surface area (TPSA) is 141 Å². The van der Waals surface area contributed by atoms with Crippen LogP contribution >= 0.6 is 11.6 Å². The van der Waals surface area contributed by atoms with Gasteiger partial charge >= 0.3 is 12.2 Å². The van der Waals surface area contributed by atoms with Gasteiger partial charge in [0.25, 0.3) is 0 Å². The molecule has 2 aliphatic rings. The number of hydrogen-bond donors (Lipinski definition) is 5. The molecule has 3 heterocycles. The number of aliphatic hydroxyl groups excluding tert-OH is 1. The zero-order valence-electron chi connectivity index (χ0n) is 15.5. The van der Waals surface area contributed by atoms with Crippen molar-refractivity contribution in [1.29, 1.82) is 0 Å². The van der Waals surface area contributed by atoms with Crippen molar-refractivity contribution < 1.29 is 23.1 Å². The monoisotopic (exact) mass is 457 g/mol. The van der Waals surface area contributed by atoms with E-state index in [2.05, 4.69) is 41.7 Å². The molecule has 2 aromatic rings. The molecule has 1 aliphatic heterocycles. The second-order valence-corrected chi connectivity index (χ2v) is 7.12. The fourth-order valence-corrected chi connectivity index (χ4v) is 3.22. The molecule has 0 bridgehead atoms. The number of hydrazine groups is 1. The van der Waals surface area contributed by atoms with Crippen LogP contribution in [0.1, 0.15) is 12.8 Å². The first-order chi connectivity index (χ1) is 14.7. The summed E-state index contributed by atoms with van der Waals surface area (Å²) in [7, 11) is 0. The second-order valence-electron chi connectivity index (χ2n) is 6.72. The van der Waals surface area contributed by atoms with Gasteiger partial charge in [-0.2, -0.15) is 28.8 Å². The summed E-state index contributed by atoms with van der Waals surface area (Å²) in [4.78, 5) is 21.3. The Kier molecular flexibility index (Phi) is 5.28. The van der Waals surface area contributed by atoms with Crippen molar-refractivity contribution in [2.75, 3.05) is 5.32 Å². The SMILES string of the molecule is O=C(NC1=C(C2(C(F)(F)F)CC2)NNC(O)N=C1)Nc1cnc(-n2nccn2)c(Cl)c1. The summed E-state index contributed by atoms with van der Waals surface area (Å²) < 4.78 is 40.8. The van der Waals surface area contributed by atoms with E-state index < -0.39 is 24.0 Å². The van der Waals surface area contributed by atoms with E-state index in [0.29, 0.717) is 0 Å². The van der Waals surface area contributed by atoms with E-state index in [4.69, 9.17) is 11.6 Å². The number of anilines is 1. The highest BCUT2D eigenvalue weighted by atomic mass is 35.5. The number of rotatable bonds is 4. The number of carbonyl (C=O) groups excluding carboxylic acids is 1. The van der Waals surface area contributed by atoms with Crippen molar-refractivity contribution in [2.45, 2.75) is 25.4 Å². The number of pyridine rings is 1. The number of amides is 2. The van der Waals surface area contributed by atoms with Gasteiger partial charge in [0, 0.05) is 0 Å². The maximum atomic E-state index is 13.6. The van der Waals surface area contributed by atoms with Crippen LogP contribution in [-0.4, -0.2) is 49.9 Å². The van der Waals surface area contributed by atoms with Gasteiger partial charge in [-0.05, 0) is 18.9 Å². The molecule has 0 aromatic carbocycles. The summed E-state index contributed by atoms with van der Waals surface area (Å²) >= 11 is 6.14. The van der Waals surface area contributed by atoms with Gasteiger partial charge in [0.15, 0.2) is 5.82 Å². The molecule has 5 N–H and O–H groups in total. The summed E-state index contributed by atoms with van der Waals surface area (Å²) in [6.07, 6.45) is -1.28. The molecule has 1 unspecified atom stereocenters. The molecule has 4 rings (SSSR count). The van der Waals surface area contributed by atoms with Crippen molar-refractivity contribution in [3.8, 4) is 5.82 Å². The Morgan fingerprint density at radius 3 is 2.61 bits per heavy atom. The Morgan fingerprint density at radius 1 is 1.29 bits per heavy atom. The van der Waals surface area contributed by atoms with Crippen LogP contribution in [0.15, 0.2) is 41.0 Å². The zero-order valence-corrected chi connectivity index (χ0v) is 16.2. The molecule has 2 aromatic heterocycles. The Morgan fingerprint density at radius 2 is 2.00 bits per heavy atom. The smallest absolute Gasteiger partial charge is 0.358 e. The lowest BCUT2D eigenvalue weighted by Crippen LogP contribution is -2.45. The molecular weight excluding hydrogens is 443 g/mol. The Balaban J connectivity index is 1.54. The van der Waals surface area contributed by atoms with E-state index in [-0.39, 0.29) is 40.8 Å². The van der Waals surface area contributed by atoms with Crippen LogP contribution in [0.4, 0.5) is 23.7 Å². The third-order valence-corrected chi connectivity index (χ3v) is 4.93. The molecule has 1 aliphatic carbocycles. The number of carbonyl (C=O) groups is 1. The maximum absolute atomic E-state index is 13.6. The number of allylic oxidation sites excluding steroid dienone is 2. The average molecular weight is 458 g/mol. The molecule has 2 amide bonds. The van der Waals surface area contributed by atoms with Crippen molar-refractivity contribution in [3.63, 3.8) is 0 Å². The quantitative estimate of drug-likeness (QED) is 0.468. The molecule has 1 fully saturated rings. The summed E-state index contributed by atoms with van der Waals surface area (Å²) in [6.45, 7) is 0. The van der Waals surface area contributed by atoms with Crippen LogP contribution in [0.25, 0.3) is 5.82 Å². The predicted molar refractivity (Wildman–Crippen MR) is 102 cm³/mol. The van der Waals surface area contributed by atoms with Gasteiger partial charge in [-0.25, -0.2) is 14.8 Å². The second kappa shape index (κ2) is 7.79. The lowest BCUT2D eigenvalue weighted by molar-refractivity contribution is -0.177. The van der Waals surface area contributed by atoms with Crippen molar-refractivity contribution in [2.24, 2.45) is 10.4 Å². The first-order valence-corrected chi connectivity index (χ1v) is 9.22. The fraction of sp³-hybridized carbons (Fsp3) is 0.312. The molecule has 0 spiro atoms. The van der Waals surface area contributed by atoms with Gasteiger partial charge < -0.3 is 21.2 Å². The molecular formula is C16H15ClF3N9O2. The molecule has 164 valence electrons. The third kappa shape index (κ3) is 4.17. The summed E-state index contributed by atoms with van der Waals surface area (Å²) in [5.74, 6) is 0.226. The summed E-state index contributed by atoms with van der Waals surface area (Å²) in [5, 5.41) is 22.3. The number of aromatic nitrogens is 4. The van der Waals surface area contributed by atoms with E-state index in [1.54, 1.807) is 0 Å². The normalized spacial score (nSPS) is 20.1. The number of nitrogens with zero attached hydrogens (tertiary/aromatic N) is 5. The molecule has 31 heavy (non-hydrogen) atoms. The molecule has 0 saturated heterocycles. The van der Waals surface area contributed by atoms with Crippen LogP contribution in [0.2, 0.25) is 5.02 Å². The lowest BCUT2D eigenvalue weighted by atomic mass is 10.00.